The smallest absolute Gasteiger partial charge is 0.257 e. The molecule has 0 bridgehead atoms. The standard InChI is InChI=1S/C19H21N5O2/c1-14-21-18(26-22-14)17-9-5-6-10-24(17)19(25)16-11-20-23(13-16)12-15-7-3-2-4-8-15/h2-4,7-8,11,13,17H,5-6,9-10,12H2,1H3/t17-/m0/s1. The summed E-state index contributed by atoms with van der Waals surface area (Å²) in [6, 6.07) is 9.90. The monoisotopic (exact) mass is 351 g/mol. The van der Waals surface area contributed by atoms with Crippen LogP contribution in [0.3, 0.4) is 0 Å². The van der Waals surface area contributed by atoms with Crippen molar-refractivity contribution in [3.8, 4) is 0 Å². The summed E-state index contributed by atoms with van der Waals surface area (Å²) in [4.78, 5) is 19.2. The van der Waals surface area contributed by atoms with E-state index >= 15 is 0 Å². The minimum atomic E-state index is -0.157. The molecule has 1 aliphatic heterocycles. The summed E-state index contributed by atoms with van der Waals surface area (Å²) >= 11 is 0. The Kier molecular flexibility index (Phi) is 4.51. The SMILES string of the molecule is Cc1noc([C@@H]2CCCCN2C(=O)c2cnn(Cc3ccccc3)c2)n1. The number of aromatic nitrogens is 4. The number of benzene rings is 1. The van der Waals surface area contributed by atoms with E-state index in [4.69, 9.17) is 4.52 Å². The van der Waals surface area contributed by atoms with Gasteiger partial charge in [-0.1, -0.05) is 35.5 Å². The van der Waals surface area contributed by atoms with Gasteiger partial charge in [-0.05, 0) is 31.7 Å². The highest BCUT2D eigenvalue weighted by Crippen LogP contribution is 2.31. The molecule has 1 aliphatic rings. The van der Waals surface area contributed by atoms with Crippen LogP contribution in [0.15, 0.2) is 47.2 Å². The highest BCUT2D eigenvalue weighted by atomic mass is 16.5. The fourth-order valence-electron chi connectivity index (χ4n) is 3.38. The van der Waals surface area contributed by atoms with Gasteiger partial charge in [0.2, 0.25) is 5.89 Å². The Morgan fingerprint density at radius 2 is 2.12 bits per heavy atom. The minimum Gasteiger partial charge on any atom is -0.337 e. The summed E-state index contributed by atoms with van der Waals surface area (Å²) in [7, 11) is 0. The predicted molar refractivity (Wildman–Crippen MR) is 94.4 cm³/mol. The van der Waals surface area contributed by atoms with Crippen LogP contribution in [0.1, 0.15) is 52.9 Å². The zero-order valence-corrected chi connectivity index (χ0v) is 14.7. The lowest BCUT2D eigenvalue weighted by atomic mass is 10.0. The van der Waals surface area contributed by atoms with E-state index in [1.54, 1.807) is 24.0 Å². The van der Waals surface area contributed by atoms with E-state index in [1.807, 2.05) is 35.2 Å². The summed E-state index contributed by atoms with van der Waals surface area (Å²) in [6.07, 6.45) is 6.30. The Morgan fingerprint density at radius 1 is 1.27 bits per heavy atom. The van der Waals surface area contributed by atoms with Gasteiger partial charge in [-0.3, -0.25) is 9.48 Å². The number of amides is 1. The zero-order chi connectivity index (χ0) is 17.9. The zero-order valence-electron chi connectivity index (χ0n) is 14.7. The first-order valence-corrected chi connectivity index (χ1v) is 8.88. The Balaban J connectivity index is 1.52. The quantitative estimate of drug-likeness (QED) is 0.722. The summed E-state index contributed by atoms with van der Waals surface area (Å²) in [5.41, 5.74) is 1.73. The van der Waals surface area contributed by atoms with Crippen LogP contribution in [0.25, 0.3) is 0 Å². The van der Waals surface area contributed by atoms with E-state index < -0.39 is 0 Å². The van der Waals surface area contributed by atoms with E-state index in [0.29, 0.717) is 30.4 Å². The molecule has 0 unspecified atom stereocenters. The van der Waals surface area contributed by atoms with Crippen molar-refractivity contribution < 1.29 is 9.32 Å². The molecule has 1 atom stereocenters. The van der Waals surface area contributed by atoms with E-state index in [1.165, 1.54) is 0 Å². The topological polar surface area (TPSA) is 77.0 Å². The highest BCUT2D eigenvalue weighted by Gasteiger charge is 2.32. The van der Waals surface area contributed by atoms with Gasteiger partial charge in [0.1, 0.15) is 6.04 Å². The normalized spacial score (nSPS) is 17.4. The molecule has 0 saturated carbocycles. The van der Waals surface area contributed by atoms with Gasteiger partial charge >= 0.3 is 0 Å². The van der Waals surface area contributed by atoms with Crippen molar-refractivity contribution in [2.24, 2.45) is 0 Å². The maximum atomic E-state index is 13.0. The maximum Gasteiger partial charge on any atom is 0.257 e. The number of nitrogens with zero attached hydrogens (tertiary/aromatic N) is 5. The maximum absolute atomic E-state index is 13.0. The number of piperidine rings is 1. The predicted octanol–water partition coefficient (Wildman–Crippen LogP) is 2.99. The molecular formula is C19H21N5O2. The van der Waals surface area contributed by atoms with Crippen molar-refractivity contribution in [2.75, 3.05) is 6.54 Å². The van der Waals surface area contributed by atoms with Crippen molar-refractivity contribution in [3.05, 3.63) is 65.6 Å². The molecule has 7 heteroatoms. The lowest BCUT2D eigenvalue weighted by Gasteiger charge is -2.33. The van der Waals surface area contributed by atoms with Crippen molar-refractivity contribution >= 4 is 5.91 Å². The number of hydrogen-bond acceptors (Lipinski definition) is 5. The number of carbonyl (C=O) groups excluding carboxylic acids is 1. The van der Waals surface area contributed by atoms with Crippen molar-refractivity contribution in [1.82, 2.24) is 24.8 Å². The number of aryl methyl sites for hydroxylation is 1. The van der Waals surface area contributed by atoms with Crippen LogP contribution in [0.5, 0.6) is 0 Å². The third-order valence-electron chi connectivity index (χ3n) is 4.66. The minimum absolute atomic E-state index is 0.0372. The summed E-state index contributed by atoms with van der Waals surface area (Å²) in [5, 5.41) is 8.22. The summed E-state index contributed by atoms with van der Waals surface area (Å²) in [6.45, 7) is 3.12. The van der Waals surface area contributed by atoms with Crippen LogP contribution in [0.2, 0.25) is 0 Å². The van der Waals surface area contributed by atoms with Gasteiger partial charge in [0.15, 0.2) is 5.82 Å². The van der Waals surface area contributed by atoms with Crippen LogP contribution in [-0.4, -0.2) is 37.3 Å². The summed E-state index contributed by atoms with van der Waals surface area (Å²) in [5.74, 6) is 1.07. The second kappa shape index (κ2) is 7.11. The van der Waals surface area contributed by atoms with E-state index in [9.17, 15) is 4.79 Å². The van der Waals surface area contributed by atoms with Gasteiger partial charge in [0, 0.05) is 12.7 Å². The highest BCUT2D eigenvalue weighted by molar-refractivity contribution is 5.94. The van der Waals surface area contributed by atoms with Crippen LogP contribution >= 0.6 is 0 Å². The fraction of sp³-hybridized carbons (Fsp3) is 0.368. The van der Waals surface area contributed by atoms with Gasteiger partial charge in [0.25, 0.3) is 5.91 Å². The van der Waals surface area contributed by atoms with E-state index in [2.05, 4.69) is 15.2 Å². The molecule has 1 fully saturated rings. The van der Waals surface area contributed by atoms with Gasteiger partial charge < -0.3 is 9.42 Å². The summed E-state index contributed by atoms with van der Waals surface area (Å²) < 4.78 is 7.12. The third kappa shape index (κ3) is 3.37. The van der Waals surface area contributed by atoms with E-state index in [-0.39, 0.29) is 11.9 Å². The second-order valence-electron chi connectivity index (χ2n) is 6.60. The molecule has 0 aliphatic carbocycles. The molecule has 0 N–H and O–H groups in total. The third-order valence-corrected chi connectivity index (χ3v) is 4.66. The molecule has 1 saturated heterocycles. The van der Waals surface area contributed by atoms with Gasteiger partial charge in [0.05, 0.1) is 18.3 Å². The first-order chi connectivity index (χ1) is 12.7. The molecule has 4 rings (SSSR count). The van der Waals surface area contributed by atoms with Crippen LogP contribution in [-0.2, 0) is 6.54 Å². The lowest BCUT2D eigenvalue weighted by molar-refractivity contribution is 0.0561. The number of likely N-dealkylation sites (tertiary alicyclic amines) is 1. The molecule has 1 amide bonds. The number of carbonyl (C=O) groups is 1. The molecule has 0 spiro atoms. The Morgan fingerprint density at radius 3 is 2.88 bits per heavy atom. The van der Waals surface area contributed by atoms with E-state index in [0.717, 1.165) is 24.8 Å². The molecule has 3 heterocycles. The van der Waals surface area contributed by atoms with Gasteiger partial charge in [-0.15, -0.1) is 0 Å². The molecule has 7 nitrogen and oxygen atoms in total. The van der Waals surface area contributed by atoms with Crippen LogP contribution in [0, 0.1) is 6.92 Å². The number of rotatable bonds is 4. The molecule has 26 heavy (non-hydrogen) atoms. The second-order valence-corrected chi connectivity index (χ2v) is 6.60. The van der Waals surface area contributed by atoms with Crippen LogP contribution < -0.4 is 0 Å². The first-order valence-electron chi connectivity index (χ1n) is 8.88. The van der Waals surface area contributed by atoms with Crippen LogP contribution in [0.4, 0.5) is 0 Å². The van der Waals surface area contributed by atoms with Crippen molar-refractivity contribution in [1.29, 1.82) is 0 Å². The number of hydrogen-bond donors (Lipinski definition) is 0. The largest absolute Gasteiger partial charge is 0.337 e. The van der Waals surface area contributed by atoms with Gasteiger partial charge in [-0.2, -0.15) is 10.1 Å². The first kappa shape index (κ1) is 16.5. The molecule has 3 aromatic rings. The van der Waals surface area contributed by atoms with Crippen molar-refractivity contribution in [2.45, 2.75) is 38.8 Å². The Labute approximate surface area is 151 Å². The average Bonchev–Trinajstić information content (AvgIpc) is 3.31. The fourth-order valence-corrected chi connectivity index (χ4v) is 3.38. The van der Waals surface area contributed by atoms with Crippen molar-refractivity contribution in [3.63, 3.8) is 0 Å². The Bertz CT molecular complexity index is 886. The molecule has 0 radical (unpaired) electrons. The molecule has 134 valence electrons. The molecule has 2 aromatic heterocycles. The lowest BCUT2D eigenvalue weighted by Crippen LogP contribution is -2.38. The molecular weight excluding hydrogens is 330 g/mol. The average molecular weight is 351 g/mol. The van der Waals surface area contributed by atoms with Gasteiger partial charge in [-0.25, -0.2) is 0 Å². The Hall–Kier alpha value is -2.96. The molecule has 1 aromatic carbocycles.